The van der Waals surface area contributed by atoms with Crippen LogP contribution in [0.3, 0.4) is 0 Å². The molecule has 10 nitrogen and oxygen atoms in total. The molecule has 2 atom stereocenters. The highest BCUT2D eigenvalue weighted by Gasteiger charge is 2.50. The molecule has 2 N–H and O–H groups in total. The molecule has 2 saturated carbocycles. The van der Waals surface area contributed by atoms with E-state index in [1.165, 1.54) is 11.8 Å². The highest BCUT2D eigenvalue weighted by molar-refractivity contribution is 7.92. The molecular formula is C27H32ClF3N4O6S. The summed E-state index contributed by atoms with van der Waals surface area (Å²) >= 11 is 6.16. The molecule has 1 aromatic carbocycles. The largest absolute Gasteiger partial charge is 0.484 e. The molecule has 3 aliphatic rings. The van der Waals surface area contributed by atoms with Crippen LogP contribution in [0.2, 0.25) is 5.02 Å². The quantitative estimate of drug-likeness (QED) is 0.425. The first-order chi connectivity index (χ1) is 19.6. The van der Waals surface area contributed by atoms with Gasteiger partial charge in [-0.15, -0.1) is 0 Å². The minimum Gasteiger partial charge on any atom is -0.484 e. The first-order valence-electron chi connectivity index (χ1n) is 13.7. The van der Waals surface area contributed by atoms with Crippen LogP contribution in [0.4, 0.5) is 13.2 Å². The number of hydrogen-bond donors (Lipinski definition) is 2. The molecule has 230 valence electrons. The highest BCUT2D eigenvalue weighted by Crippen LogP contribution is 2.38. The SMILES string of the molecule is CC(=O)NC1CCC(CC(=O)N2CC(S(=O)(=O)c3ccc(OCC(F)(F)F)cc3Cl)CC2C(=O)NC2(C#N)CC2)CC1. The number of rotatable bonds is 9. The summed E-state index contributed by atoms with van der Waals surface area (Å²) in [5.74, 6) is -1.40. The predicted octanol–water partition coefficient (Wildman–Crippen LogP) is 3.28. The van der Waals surface area contributed by atoms with Crippen molar-refractivity contribution in [2.75, 3.05) is 13.2 Å². The van der Waals surface area contributed by atoms with Crippen molar-refractivity contribution in [2.24, 2.45) is 5.92 Å². The lowest BCUT2D eigenvalue weighted by molar-refractivity contribution is -0.153. The van der Waals surface area contributed by atoms with Gasteiger partial charge in [0.25, 0.3) is 0 Å². The van der Waals surface area contributed by atoms with Crippen molar-refractivity contribution in [3.63, 3.8) is 0 Å². The summed E-state index contributed by atoms with van der Waals surface area (Å²) in [6.07, 6.45) is -1.08. The Kier molecular flexibility index (Phi) is 9.32. The van der Waals surface area contributed by atoms with Crippen LogP contribution in [-0.2, 0) is 24.2 Å². The Bertz CT molecular complexity index is 1370. The molecule has 3 amide bonds. The van der Waals surface area contributed by atoms with Gasteiger partial charge in [-0.25, -0.2) is 8.42 Å². The fourth-order valence-corrected chi connectivity index (χ4v) is 7.80. The first-order valence-corrected chi connectivity index (χ1v) is 15.6. The Morgan fingerprint density at radius 3 is 2.40 bits per heavy atom. The van der Waals surface area contributed by atoms with Gasteiger partial charge >= 0.3 is 6.18 Å². The summed E-state index contributed by atoms with van der Waals surface area (Å²) in [5, 5.41) is 13.4. The Morgan fingerprint density at radius 2 is 1.86 bits per heavy atom. The topological polar surface area (TPSA) is 146 Å². The Morgan fingerprint density at radius 1 is 1.19 bits per heavy atom. The van der Waals surface area contributed by atoms with E-state index in [0.717, 1.165) is 18.2 Å². The third-order valence-electron chi connectivity index (χ3n) is 7.98. The molecule has 0 spiro atoms. The van der Waals surface area contributed by atoms with Crippen molar-refractivity contribution in [1.82, 2.24) is 15.5 Å². The minimum absolute atomic E-state index is 0.00514. The summed E-state index contributed by atoms with van der Waals surface area (Å²) in [6, 6.07) is 4.04. The molecule has 1 heterocycles. The Labute approximate surface area is 246 Å². The lowest BCUT2D eigenvalue weighted by Gasteiger charge is -2.31. The van der Waals surface area contributed by atoms with Gasteiger partial charge in [-0.05, 0) is 63.0 Å². The highest BCUT2D eigenvalue weighted by atomic mass is 35.5. The van der Waals surface area contributed by atoms with Crippen molar-refractivity contribution < 1.29 is 40.7 Å². The number of carbonyl (C=O) groups is 3. The standard InChI is InChI=1S/C27H32ClF3N4O6S/c1-16(36)33-18-4-2-17(3-5-18)10-24(37)35-13-20(12-22(35)25(38)34-26(14-32)8-9-26)42(39,40)23-7-6-19(11-21(23)28)41-15-27(29,30)31/h6-7,11,17-18,20,22H,2-5,8-10,12-13,15H2,1H3,(H,33,36)(H,34,38). The zero-order valence-electron chi connectivity index (χ0n) is 22.9. The third kappa shape index (κ3) is 7.66. The zero-order chi connectivity index (χ0) is 30.9. The van der Waals surface area contributed by atoms with Crippen LogP contribution in [0.5, 0.6) is 5.75 Å². The van der Waals surface area contributed by atoms with Gasteiger partial charge in [-0.2, -0.15) is 18.4 Å². The van der Waals surface area contributed by atoms with E-state index in [4.69, 9.17) is 11.6 Å². The second kappa shape index (κ2) is 12.3. The lowest BCUT2D eigenvalue weighted by atomic mass is 9.83. The first kappa shape index (κ1) is 31.9. The van der Waals surface area contributed by atoms with Gasteiger partial charge in [0.05, 0.1) is 21.2 Å². The van der Waals surface area contributed by atoms with Crippen molar-refractivity contribution in [2.45, 2.75) is 92.2 Å². The van der Waals surface area contributed by atoms with Gasteiger partial charge in [0, 0.05) is 32.0 Å². The molecule has 42 heavy (non-hydrogen) atoms. The number of hydrogen-bond acceptors (Lipinski definition) is 7. The molecule has 3 fully saturated rings. The van der Waals surface area contributed by atoms with Crippen molar-refractivity contribution in [1.29, 1.82) is 5.26 Å². The average Bonchev–Trinajstić information content (AvgIpc) is 3.52. The monoisotopic (exact) mass is 632 g/mol. The van der Waals surface area contributed by atoms with Crippen molar-refractivity contribution in [3.8, 4) is 11.8 Å². The fourth-order valence-electron chi connectivity index (χ4n) is 5.56. The molecule has 15 heteroatoms. The molecule has 1 aliphatic heterocycles. The summed E-state index contributed by atoms with van der Waals surface area (Å²) < 4.78 is 69.4. The number of likely N-dealkylation sites (tertiary alicyclic amines) is 1. The zero-order valence-corrected chi connectivity index (χ0v) is 24.4. The average molecular weight is 633 g/mol. The lowest BCUT2D eigenvalue weighted by Crippen LogP contribution is -2.49. The second-order valence-electron chi connectivity index (χ2n) is 11.3. The van der Waals surface area contributed by atoms with Crippen LogP contribution < -0.4 is 15.4 Å². The van der Waals surface area contributed by atoms with Crippen LogP contribution in [0, 0.1) is 17.2 Å². The number of nitrogens with one attached hydrogen (secondary N) is 2. The molecule has 1 saturated heterocycles. The van der Waals surface area contributed by atoms with Crippen molar-refractivity contribution >= 4 is 39.2 Å². The van der Waals surface area contributed by atoms with Gasteiger partial charge in [0.1, 0.15) is 17.3 Å². The van der Waals surface area contributed by atoms with E-state index in [9.17, 15) is 41.2 Å². The number of ether oxygens (including phenoxy) is 1. The van der Waals surface area contributed by atoms with Gasteiger partial charge in [0.15, 0.2) is 16.4 Å². The van der Waals surface area contributed by atoms with Gasteiger partial charge in [-0.3, -0.25) is 14.4 Å². The van der Waals surface area contributed by atoms with Crippen LogP contribution in [-0.4, -0.2) is 73.2 Å². The Hall–Kier alpha value is -3.05. The normalized spacial score (nSPS) is 25.3. The molecule has 4 rings (SSSR count). The van der Waals surface area contributed by atoms with Gasteiger partial charge < -0.3 is 20.3 Å². The number of halogens is 4. The number of amides is 3. The number of nitrogens with zero attached hydrogens (tertiary/aromatic N) is 2. The number of alkyl halides is 3. The number of benzene rings is 1. The van der Waals surface area contributed by atoms with E-state index in [1.54, 1.807) is 0 Å². The van der Waals surface area contributed by atoms with Crippen LogP contribution in [0.15, 0.2) is 23.1 Å². The van der Waals surface area contributed by atoms with Crippen LogP contribution in [0.1, 0.15) is 58.3 Å². The van der Waals surface area contributed by atoms with E-state index in [1.807, 2.05) is 0 Å². The van der Waals surface area contributed by atoms with E-state index < -0.39 is 45.4 Å². The number of sulfone groups is 1. The predicted molar refractivity (Wildman–Crippen MR) is 144 cm³/mol. The molecule has 2 unspecified atom stereocenters. The molecule has 0 aromatic heterocycles. The summed E-state index contributed by atoms with van der Waals surface area (Å²) in [5.41, 5.74) is -1.03. The van der Waals surface area contributed by atoms with Crippen LogP contribution in [0.25, 0.3) is 0 Å². The summed E-state index contributed by atoms with van der Waals surface area (Å²) in [4.78, 5) is 39.0. The molecule has 0 bridgehead atoms. The second-order valence-corrected chi connectivity index (χ2v) is 13.9. The third-order valence-corrected chi connectivity index (χ3v) is 10.6. The van der Waals surface area contributed by atoms with Gasteiger partial charge in [-0.1, -0.05) is 11.6 Å². The summed E-state index contributed by atoms with van der Waals surface area (Å²) in [7, 11) is -4.24. The van der Waals surface area contributed by atoms with Crippen LogP contribution >= 0.6 is 11.6 Å². The van der Waals surface area contributed by atoms with Crippen molar-refractivity contribution in [3.05, 3.63) is 23.2 Å². The molecule has 1 aromatic rings. The number of carbonyl (C=O) groups excluding carboxylic acids is 3. The molecule has 0 radical (unpaired) electrons. The van der Waals surface area contributed by atoms with Gasteiger partial charge in [0.2, 0.25) is 17.7 Å². The minimum atomic E-state index is -4.60. The maximum absolute atomic E-state index is 13.6. The fraction of sp³-hybridized carbons (Fsp3) is 0.630. The van der Waals surface area contributed by atoms with E-state index in [-0.39, 0.29) is 58.8 Å². The maximum Gasteiger partial charge on any atom is 0.422 e. The van der Waals surface area contributed by atoms with E-state index >= 15 is 0 Å². The summed E-state index contributed by atoms with van der Waals surface area (Å²) in [6.45, 7) is -0.423. The molecular weight excluding hydrogens is 601 g/mol. The van der Waals surface area contributed by atoms with E-state index in [2.05, 4.69) is 21.4 Å². The number of nitriles is 1. The maximum atomic E-state index is 13.6. The Balaban J connectivity index is 1.50. The smallest absolute Gasteiger partial charge is 0.422 e. The molecule has 2 aliphatic carbocycles. The van der Waals surface area contributed by atoms with E-state index in [0.29, 0.717) is 38.5 Å².